The quantitative estimate of drug-likeness (QED) is 0.588. The van der Waals surface area contributed by atoms with Gasteiger partial charge in [-0.25, -0.2) is 4.79 Å². The number of carboxylic acids is 1. The van der Waals surface area contributed by atoms with Crippen molar-refractivity contribution in [1.29, 1.82) is 0 Å². The molecule has 0 radical (unpaired) electrons. The molecule has 0 aliphatic rings. The zero-order chi connectivity index (χ0) is 15.5. The summed E-state index contributed by atoms with van der Waals surface area (Å²) in [4.78, 5) is 22.6. The monoisotopic (exact) mass is 298 g/mol. The first-order valence-corrected chi connectivity index (χ1v) is 6.87. The number of aromatic carboxylic acids is 1. The molecule has 1 heterocycles. The van der Waals surface area contributed by atoms with Crippen LogP contribution in [0.15, 0.2) is 18.3 Å². The van der Waals surface area contributed by atoms with Crippen molar-refractivity contribution in [3.05, 3.63) is 24.0 Å². The Morgan fingerprint density at radius 3 is 2.81 bits per heavy atom. The normalized spacial score (nSPS) is 10.5. The fourth-order valence-corrected chi connectivity index (χ4v) is 1.76. The van der Waals surface area contributed by atoms with Gasteiger partial charge in [0.05, 0.1) is 13.2 Å². The number of methoxy groups -OCH3 is 1. The third-order valence-electron chi connectivity index (χ3n) is 2.83. The molecule has 0 saturated heterocycles. The van der Waals surface area contributed by atoms with Crippen LogP contribution in [0.25, 0.3) is 0 Å². The summed E-state index contributed by atoms with van der Waals surface area (Å²) in [5.41, 5.74) is 0.108. The van der Waals surface area contributed by atoms with E-state index >= 15 is 0 Å². The Hall–Kier alpha value is -1.86. The van der Waals surface area contributed by atoms with Crippen LogP contribution in [-0.4, -0.2) is 55.0 Å². The van der Waals surface area contributed by atoms with E-state index in [2.05, 4.69) is 5.32 Å². The van der Waals surface area contributed by atoms with Crippen molar-refractivity contribution in [2.24, 2.45) is 0 Å². The number of carboxylic acid groups (broad SMARTS) is 1. The van der Waals surface area contributed by atoms with Crippen LogP contribution < -0.4 is 5.32 Å². The minimum absolute atomic E-state index is 0.0129. The predicted molar refractivity (Wildman–Crippen MR) is 76.3 cm³/mol. The fourth-order valence-electron chi connectivity index (χ4n) is 1.76. The van der Waals surface area contributed by atoms with Crippen LogP contribution in [0.2, 0.25) is 0 Å². The van der Waals surface area contributed by atoms with Gasteiger partial charge >= 0.3 is 5.97 Å². The highest BCUT2D eigenvalue weighted by atomic mass is 16.5. The highest BCUT2D eigenvalue weighted by Crippen LogP contribution is 2.01. The van der Waals surface area contributed by atoms with E-state index in [1.165, 1.54) is 10.6 Å². The van der Waals surface area contributed by atoms with Gasteiger partial charge in [0.15, 0.2) is 0 Å². The molecular weight excluding hydrogens is 276 g/mol. The number of carbonyl (C=O) groups excluding carboxylic acids is 1. The van der Waals surface area contributed by atoms with Crippen molar-refractivity contribution < 1.29 is 24.2 Å². The Balaban J connectivity index is 2.11. The number of hydrogen-bond acceptors (Lipinski definition) is 4. The van der Waals surface area contributed by atoms with Crippen molar-refractivity contribution in [3.8, 4) is 0 Å². The third kappa shape index (κ3) is 6.92. The van der Waals surface area contributed by atoms with Gasteiger partial charge in [-0.15, -0.1) is 0 Å². The Bertz CT molecular complexity index is 444. The Morgan fingerprint density at radius 1 is 1.29 bits per heavy atom. The molecule has 1 aromatic rings. The number of aromatic nitrogens is 1. The van der Waals surface area contributed by atoms with Crippen LogP contribution in [0.5, 0.6) is 0 Å². The molecule has 0 aliphatic heterocycles. The van der Waals surface area contributed by atoms with Gasteiger partial charge in [0.25, 0.3) is 0 Å². The molecule has 0 aromatic carbocycles. The second-order valence-corrected chi connectivity index (χ2v) is 4.49. The van der Waals surface area contributed by atoms with Gasteiger partial charge in [0.2, 0.25) is 5.91 Å². The smallest absolute Gasteiger partial charge is 0.352 e. The number of unbranched alkanes of at least 4 members (excludes halogenated alkanes) is 1. The number of rotatable bonds is 11. The second-order valence-electron chi connectivity index (χ2n) is 4.49. The van der Waals surface area contributed by atoms with Gasteiger partial charge in [-0.05, 0) is 25.0 Å². The summed E-state index contributed by atoms with van der Waals surface area (Å²) >= 11 is 0. The average molecular weight is 298 g/mol. The number of nitrogens with zero attached hydrogens (tertiary/aromatic N) is 1. The van der Waals surface area contributed by atoms with E-state index in [-0.39, 0.29) is 18.1 Å². The predicted octanol–water partition coefficient (Wildman–Crippen LogP) is 0.746. The van der Waals surface area contributed by atoms with Crippen molar-refractivity contribution in [3.63, 3.8) is 0 Å². The van der Waals surface area contributed by atoms with Gasteiger partial charge in [-0.3, -0.25) is 4.79 Å². The molecule has 1 amide bonds. The molecule has 1 aromatic heterocycles. The van der Waals surface area contributed by atoms with Crippen molar-refractivity contribution in [1.82, 2.24) is 9.88 Å². The van der Waals surface area contributed by atoms with Crippen molar-refractivity contribution in [2.75, 3.05) is 33.5 Å². The van der Waals surface area contributed by atoms with E-state index in [9.17, 15) is 9.59 Å². The summed E-state index contributed by atoms with van der Waals surface area (Å²) in [6.07, 6.45) is 3.25. The zero-order valence-electron chi connectivity index (χ0n) is 12.2. The molecule has 0 atom stereocenters. The minimum Gasteiger partial charge on any atom is -0.477 e. The van der Waals surface area contributed by atoms with Crippen LogP contribution in [0.3, 0.4) is 0 Å². The largest absolute Gasteiger partial charge is 0.477 e. The lowest BCUT2D eigenvalue weighted by Gasteiger charge is -2.08. The molecule has 0 unspecified atom stereocenters. The van der Waals surface area contributed by atoms with Crippen LogP contribution in [-0.2, 0) is 20.8 Å². The second kappa shape index (κ2) is 9.95. The maximum Gasteiger partial charge on any atom is 0.352 e. The summed E-state index contributed by atoms with van der Waals surface area (Å²) in [7, 11) is 1.62. The van der Waals surface area contributed by atoms with E-state index in [0.717, 1.165) is 12.8 Å². The molecule has 0 saturated carbocycles. The number of amides is 1. The molecule has 7 nitrogen and oxygen atoms in total. The first-order chi connectivity index (χ1) is 10.1. The number of nitrogens with one attached hydrogen (secondary N) is 1. The third-order valence-corrected chi connectivity index (χ3v) is 2.83. The minimum atomic E-state index is -1.04. The molecular formula is C14H22N2O5. The lowest BCUT2D eigenvalue weighted by molar-refractivity contribution is -0.121. The molecule has 0 aliphatic carbocycles. The number of ether oxygens (including phenoxy) is 2. The maximum atomic E-state index is 11.7. The summed E-state index contributed by atoms with van der Waals surface area (Å²) in [5.74, 6) is -1.24. The maximum absolute atomic E-state index is 11.7. The van der Waals surface area contributed by atoms with E-state index in [1.807, 2.05) is 0 Å². The Morgan fingerprint density at radius 2 is 2.10 bits per heavy atom. The molecule has 2 N–H and O–H groups in total. The lowest BCUT2D eigenvalue weighted by atomic mass is 10.3. The molecule has 7 heteroatoms. The van der Waals surface area contributed by atoms with Gasteiger partial charge in [0.1, 0.15) is 12.2 Å². The highest BCUT2D eigenvalue weighted by Gasteiger charge is 2.10. The van der Waals surface area contributed by atoms with Gasteiger partial charge in [-0.1, -0.05) is 0 Å². The summed E-state index contributed by atoms with van der Waals surface area (Å²) in [6.45, 7) is 2.36. The van der Waals surface area contributed by atoms with Crippen LogP contribution in [0.1, 0.15) is 23.3 Å². The van der Waals surface area contributed by atoms with Crippen LogP contribution in [0, 0.1) is 0 Å². The van der Waals surface area contributed by atoms with E-state index in [1.54, 1.807) is 19.4 Å². The van der Waals surface area contributed by atoms with Gasteiger partial charge in [-0.2, -0.15) is 0 Å². The van der Waals surface area contributed by atoms with Gasteiger partial charge < -0.3 is 24.5 Å². The summed E-state index contributed by atoms with van der Waals surface area (Å²) in [5, 5.41) is 11.7. The first-order valence-electron chi connectivity index (χ1n) is 6.87. The average Bonchev–Trinajstić information content (AvgIpc) is 2.90. The standard InChI is InChI=1S/C14H22N2O5/c1-20-9-10-21-8-3-2-6-15-13(17)11-16-7-4-5-12(16)14(18)19/h4-5,7H,2-3,6,8-11H2,1H3,(H,15,17)(H,18,19). The Kier molecular flexibility index (Phi) is 8.15. The van der Waals surface area contributed by atoms with Crippen molar-refractivity contribution in [2.45, 2.75) is 19.4 Å². The van der Waals surface area contributed by atoms with Crippen molar-refractivity contribution >= 4 is 11.9 Å². The van der Waals surface area contributed by atoms with E-state index in [0.29, 0.717) is 26.4 Å². The van der Waals surface area contributed by atoms with E-state index < -0.39 is 5.97 Å². The number of hydrogen-bond donors (Lipinski definition) is 2. The summed E-state index contributed by atoms with van der Waals surface area (Å²) < 4.78 is 11.6. The SMILES string of the molecule is COCCOCCCCNC(=O)Cn1cccc1C(=O)O. The molecule has 0 bridgehead atoms. The van der Waals surface area contributed by atoms with Gasteiger partial charge in [0, 0.05) is 26.5 Å². The molecule has 0 spiro atoms. The highest BCUT2D eigenvalue weighted by molar-refractivity contribution is 5.86. The fraction of sp³-hybridized carbons (Fsp3) is 0.571. The van der Waals surface area contributed by atoms with Crippen LogP contribution in [0.4, 0.5) is 0 Å². The molecule has 1 rings (SSSR count). The topological polar surface area (TPSA) is 89.8 Å². The number of carbonyl (C=O) groups is 2. The lowest BCUT2D eigenvalue weighted by Crippen LogP contribution is -2.29. The van der Waals surface area contributed by atoms with E-state index in [4.69, 9.17) is 14.6 Å². The molecule has 118 valence electrons. The summed E-state index contributed by atoms with van der Waals surface area (Å²) in [6, 6.07) is 3.07. The molecule has 21 heavy (non-hydrogen) atoms. The Labute approximate surface area is 123 Å². The first kappa shape index (κ1) is 17.2. The molecule has 0 fully saturated rings. The zero-order valence-corrected chi connectivity index (χ0v) is 12.2. The van der Waals surface area contributed by atoms with Crippen LogP contribution >= 0.6 is 0 Å².